The van der Waals surface area contributed by atoms with Crippen LogP contribution in [-0.4, -0.2) is 39.7 Å². The molecule has 2 aliphatic heterocycles. The summed E-state index contributed by atoms with van der Waals surface area (Å²) in [5.74, 6) is 0.413. The Morgan fingerprint density at radius 2 is 1.75 bits per heavy atom. The topological polar surface area (TPSA) is 66.7 Å². The molecule has 2 saturated heterocycles. The van der Waals surface area contributed by atoms with Crippen LogP contribution in [0.4, 0.5) is 0 Å². The maximum atomic E-state index is 12.6. The van der Waals surface area contributed by atoms with Crippen molar-refractivity contribution in [2.24, 2.45) is 11.8 Å². The predicted molar refractivity (Wildman–Crippen MR) is 85.5 cm³/mol. The Morgan fingerprint density at radius 1 is 1.08 bits per heavy atom. The molecule has 1 aromatic carbocycles. The van der Waals surface area contributed by atoms with Crippen LogP contribution in [0.1, 0.15) is 17.2 Å². The van der Waals surface area contributed by atoms with Crippen molar-refractivity contribution in [3.8, 4) is 0 Å². The smallest absolute Gasteiger partial charge is 0.234 e. The Labute approximate surface area is 140 Å². The van der Waals surface area contributed by atoms with Gasteiger partial charge < -0.3 is 4.42 Å². The first-order valence-electron chi connectivity index (χ1n) is 8.14. The van der Waals surface area contributed by atoms with Crippen LogP contribution in [-0.2, 0) is 22.7 Å². The second kappa shape index (κ2) is 5.87. The minimum atomic E-state index is -0.239. The van der Waals surface area contributed by atoms with E-state index in [2.05, 4.69) is 22.0 Å². The number of amides is 2. The molecular weight excluding hydrogens is 306 g/mol. The van der Waals surface area contributed by atoms with Crippen LogP contribution in [0.2, 0.25) is 0 Å². The van der Waals surface area contributed by atoms with Gasteiger partial charge in [0.05, 0.1) is 18.0 Å². The number of nitrogens with zero attached hydrogens (tertiary/aromatic N) is 3. The van der Waals surface area contributed by atoms with Gasteiger partial charge in [-0.3, -0.25) is 19.4 Å². The molecule has 0 aliphatic carbocycles. The maximum Gasteiger partial charge on any atom is 0.234 e. The van der Waals surface area contributed by atoms with Crippen molar-refractivity contribution in [2.75, 3.05) is 13.1 Å². The summed E-state index contributed by atoms with van der Waals surface area (Å²) in [6.45, 7) is 3.96. The van der Waals surface area contributed by atoms with Crippen LogP contribution < -0.4 is 0 Å². The van der Waals surface area contributed by atoms with E-state index >= 15 is 0 Å². The zero-order valence-electron chi connectivity index (χ0n) is 13.5. The molecule has 2 atom stereocenters. The fourth-order valence-corrected chi connectivity index (χ4v) is 3.63. The summed E-state index contributed by atoms with van der Waals surface area (Å²) in [6, 6.07) is 10.1. The molecule has 2 aliphatic rings. The van der Waals surface area contributed by atoms with Crippen LogP contribution in [0.5, 0.6) is 0 Å². The number of hydrogen-bond acceptors (Lipinski definition) is 5. The first kappa shape index (κ1) is 15.1. The van der Waals surface area contributed by atoms with Gasteiger partial charge in [-0.15, -0.1) is 0 Å². The average Bonchev–Trinajstić information content (AvgIpc) is 3.23. The molecule has 0 bridgehead atoms. The second-order valence-electron chi connectivity index (χ2n) is 6.52. The summed E-state index contributed by atoms with van der Waals surface area (Å²) in [4.78, 5) is 32.8. The van der Waals surface area contributed by atoms with E-state index in [-0.39, 0.29) is 30.2 Å². The fourth-order valence-electron chi connectivity index (χ4n) is 3.63. The lowest BCUT2D eigenvalue weighted by atomic mass is 10.00. The molecule has 4 rings (SSSR count). The van der Waals surface area contributed by atoms with Crippen LogP contribution in [0, 0.1) is 18.8 Å². The third-order valence-electron chi connectivity index (χ3n) is 4.77. The number of hydrogen-bond donors (Lipinski definition) is 0. The summed E-state index contributed by atoms with van der Waals surface area (Å²) in [5, 5.41) is 0. The van der Waals surface area contributed by atoms with Gasteiger partial charge in [0.1, 0.15) is 12.3 Å². The first-order valence-corrected chi connectivity index (χ1v) is 8.14. The summed E-state index contributed by atoms with van der Waals surface area (Å²) < 4.78 is 5.40. The number of aryl methyl sites for hydroxylation is 1. The molecule has 2 amide bonds. The molecule has 0 N–H and O–H groups in total. The van der Waals surface area contributed by atoms with Crippen LogP contribution in [0.3, 0.4) is 0 Å². The van der Waals surface area contributed by atoms with Gasteiger partial charge in [-0.1, -0.05) is 30.3 Å². The molecular formula is C18H19N3O3. The SMILES string of the molecule is Cc1cnc(CN2C(=O)C3CN(Cc4ccccc4)CC3C2=O)o1. The Morgan fingerprint density at radius 3 is 2.33 bits per heavy atom. The third-order valence-corrected chi connectivity index (χ3v) is 4.77. The third kappa shape index (κ3) is 2.63. The highest BCUT2D eigenvalue weighted by atomic mass is 16.4. The molecule has 2 fully saturated rings. The number of likely N-dealkylation sites (tertiary alicyclic amines) is 2. The Hall–Kier alpha value is -2.47. The van der Waals surface area contributed by atoms with Crippen LogP contribution in [0.15, 0.2) is 40.9 Å². The average molecular weight is 325 g/mol. The highest BCUT2D eigenvalue weighted by Gasteiger charge is 2.52. The van der Waals surface area contributed by atoms with Gasteiger partial charge in [0.15, 0.2) is 0 Å². The van der Waals surface area contributed by atoms with Gasteiger partial charge in [0.2, 0.25) is 17.7 Å². The number of benzene rings is 1. The number of imide groups is 1. The number of rotatable bonds is 4. The van der Waals surface area contributed by atoms with E-state index in [9.17, 15) is 9.59 Å². The van der Waals surface area contributed by atoms with Gasteiger partial charge >= 0.3 is 0 Å². The predicted octanol–water partition coefficient (Wildman–Crippen LogP) is 1.60. The van der Waals surface area contributed by atoms with Gasteiger partial charge in [0.25, 0.3) is 0 Å². The molecule has 1 aromatic heterocycles. The molecule has 0 spiro atoms. The van der Waals surface area contributed by atoms with Crippen molar-refractivity contribution in [3.05, 3.63) is 53.7 Å². The Balaban J connectivity index is 1.44. The molecule has 24 heavy (non-hydrogen) atoms. The van der Waals surface area contributed by atoms with Crippen LogP contribution >= 0.6 is 0 Å². The number of oxazole rings is 1. The van der Waals surface area contributed by atoms with E-state index in [1.807, 2.05) is 18.2 Å². The number of carbonyl (C=O) groups is 2. The van der Waals surface area contributed by atoms with E-state index in [4.69, 9.17) is 4.42 Å². The summed E-state index contributed by atoms with van der Waals surface area (Å²) in [6.07, 6.45) is 1.60. The number of fused-ring (bicyclic) bond motifs is 1. The molecule has 0 saturated carbocycles. The molecule has 3 heterocycles. The molecule has 2 unspecified atom stereocenters. The van der Waals surface area contributed by atoms with E-state index < -0.39 is 0 Å². The first-order chi connectivity index (χ1) is 11.6. The molecule has 0 radical (unpaired) electrons. The van der Waals surface area contributed by atoms with Crippen molar-refractivity contribution in [1.29, 1.82) is 0 Å². The summed E-state index contributed by atoms with van der Waals surface area (Å²) in [5.41, 5.74) is 1.20. The largest absolute Gasteiger partial charge is 0.444 e. The minimum absolute atomic E-state index is 0.101. The number of aromatic nitrogens is 1. The van der Waals surface area contributed by atoms with Crippen molar-refractivity contribution >= 4 is 11.8 Å². The molecule has 6 heteroatoms. The summed E-state index contributed by atoms with van der Waals surface area (Å²) in [7, 11) is 0. The van der Waals surface area contributed by atoms with Gasteiger partial charge in [0, 0.05) is 19.6 Å². The van der Waals surface area contributed by atoms with Gasteiger partial charge in [-0.25, -0.2) is 4.98 Å². The summed E-state index contributed by atoms with van der Waals surface area (Å²) >= 11 is 0. The van der Waals surface area contributed by atoms with Crippen molar-refractivity contribution in [1.82, 2.24) is 14.8 Å². The van der Waals surface area contributed by atoms with E-state index in [0.717, 1.165) is 6.54 Å². The highest BCUT2D eigenvalue weighted by Crippen LogP contribution is 2.34. The van der Waals surface area contributed by atoms with Gasteiger partial charge in [-0.05, 0) is 12.5 Å². The van der Waals surface area contributed by atoms with E-state index in [0.29, 0.717) is 24.7 Å². The lowest BCUT2D eigenvalue weighted by molar-refractivity contribution is -0.141. The fraction of sp³-hybridized carbons (Fsp3) is 0.389. The van der Waals surface area contributed by atoms with Crippen LogP contribution in [0.25, 0.3) is 0 Å². The monoisotopic (exact) mass is 325 g/mol. The maximum absolute atomic E-state index is 12.6. The zero-order chi connectivity index (χ0) is 16.7. The number of carbonyl (C=O) groups excluding carboxylic acids is 2. The standard InChI is InChI=1S/C18H19N3O3/c1-12-7-19-16(24-12)11-21-17(22)14-9-20(10-15(14)18(21)23)8-13-5-3-2-4-6-13/h2-7,14-15H,8-11H2,1H3. The lowest BCUT2D eigenvalue weighted by Gasteiger charge is -2.19. The van der Waals surface area contributed by atoms with Crippen molar-refractivity contribution < 1.29 is 14.0 Å². The van der Waals surface area contributed by atoms with Crippen molar-refractivity contribution in [3.63, 3.8) is 0 Å². The normalized spacial score (nSPS) is 24.0. The van der Waals surface area contributed by atoms with E-state index in [1.165, 1.54) is 10.5 Å². The second-order valence-corrected chi connectivity index (χ2v) is 6.52. The highest BCUT2D eigenvalue weighted by molar-refractivity contribution is 6.05. The minimum Gasteiger partial charge on any atom is -0.444 e. The Bertz CT molecular complexity index is 747. The van der Waals surface area contributed by atoms with Crippen molar-refractivity contribution in [2.45, 2.75) is 20.0 Å². The van der Waals surface area contributed by atoms with Gasteiger partial charge in [-0.2, -0.15) is 0 Å². The lowest BCUT2D eigenvalue weighted by Crippen LogP contribution is -2.35. The quantitative estimate of drug-likeness (QED) is 0.799. The van der Waals surface area contributed by atoms with E-state index in [1.54, 1.807) is 13.1 Å². The Kier molecular flexibility index (Phi) is 3.69. The zero-order valence-corrected chi connectivity index (χ0v) is 13.5. The molecule has 124 valence electrons. The molecule has 2 aromatic rings. The molecule has 6 nitrogen and oxygen atoms in total.